The van der Waals surface area contributed by atoms with Crippen molar-refractivity contribution in [1.29, 1.82) is 0 Å². The van der Waals surface area contributed by atoms with E-state index in [1.807, 2.05) is 12.1 Å². The van der Waals surface area contributed by atoms with E-state index in [4.69, 9.17) is 9.47 Å². The Hall–Kier alpha value is -2.36. The molecule has 0 saturated heterocycles. The van der Waals surface area contributed by atoms with Gasteiger partial charge in [-0.05, 0) is 49.1 Å². The van der Waals surface area contributed by atoms with E-state index < -0.39 is 11.8 Å². The topological polar surface area (TPSA) is 35.5 Å². The first kappa shape index (κ1) is 23.9. The van der Waals surface area contributed by atoms with Crippen LogP contribution in [0.3, 0.4) is 0 Å². The van der Waals surface area contributed by atoms with Gasteiger partial charge in [-0.1, -0.05) is 70.9 Å². The molecule has 0 aromatic heterocycles. The maximum absolute atomic E-state index is 14.3. The third kappa shape index (κ3) is 8.56. The first-order valence-corrected chi connectivity index (χ1v) is 11.4. The molecule has 0 bridgehead atoms. The zero-order valence-electron chi connectivity index (χ0n) is 18.4. The quantitative estimate of drug-likeness (QED) is 0.182. The van der Waals surface area contributed by atoms with Crippen LogP contribution in [0.1, 0.15) is 87.6 Å². The zero-order valence-corrected chi connectivity index (χ0v) is 18.4. The van der Waals surface area contributed by atoms with Crippen LogP contribution in [-0.4, -0.2) is 12.6 Å². The van der Waals surface area contributed by atoms with E-state index in [9.17, 15) is 9.18 Å². The Kier molecular flexibility index (Phi) is 11.0. The predicted molar refractivity (Wildman–Crippen MR) is 120 cm³/mol. The Bertz CT molecular complexity index is 755. The van der Waals surface area contributed by atoms with E-state index in [-0.39, 0.29) is 11.5 Å². The minimum atomic E-state index is -0.516. The third-order valence-corrected chi connectivity index (χ3v) is 5.13. The third-order valence-electron chi connectivity index (χ3n) is 5.13. The lowest BCUT2D eigenvalue weighted by molar-refractivity contribution is 0.0734. The van der Waals surface area contributed by atoms with E-state index in [1.165, 1.54) is 56.2 Å². The minimum absolute atomic E-state index is 0.177. The fourth-order valence-corrected chi connectivity index (χ4v) is 3.28. The number of rotatable bonds is 14. The molecule has 4 heteroatoms. The van der Waals surface area contributed by atoms with Gasteiger partial charge in [0.1, 0.15) is 5.75 Å². The molecule has 0 fully saturated rings. The Morgan fingerprint density at radius 3 is 2.20 bits per heavy atom. The van der Waals surface area contributed by atoms with Crippen molar-refractivity contribution in [3.8, 4) is 11.5 Å². The van der Waals surface area contributed by atoms with Crippen LogP contribution in [-0.2, 0) is 6.42 Å². The van der Waals surface area contributed by atoms with Crippen LogP contribution in [0.15, 0.2) is 42.5 Å². The number of unbranched alkanes of at least 4 members (excludes halogenated alkanes) is 7. The number of halogens is 1. The number of benzene rings is 2. The summed E-state index contributed by atoms with van der Waals surface area (Å²) in [5.41, 5.74) is 1.66. The summed E-state index contributed by atoms with van der Waals surface area (Å²) in [7, 11) is 0. The van der Waals surface area contributed by atoms with Gasteiger partial charge in [0.15, 0.2) is 11.6 Å². The van der Waals surface area contributed by atoms with E-state index in [2.05, 4.69) is 13.8 Å². The summed E-state index contributed by atoms with van der Waals surface area (Å²) in [6.07, 6.45) is 11.5. The van der Waals surface area contributed by atoms with Crippen LogP contribution in [0.25, 0.3) is 0 Å². The second-order valence-corrected chi connectivity index (χ2v) is 7.75. The summed E-state index contributed by atoms with van der Waals surface area (Å²) in [5.74, 6) is -0.635. The maximum Gasteiger partial charge on any atom is 0.343 e. The minimum Gasteiger partial charge on any atom is -0.491 e. The maximum atomic E-state index is 14.3. The zero-order chi connectivity index (χ0) is 21.6. The SMILES string of the molecule is CCCCCCCCOc1ccc(OC(=O)c2ccc(CCCCC)cc2)cc1F. The fourth-order valence-electron chi connectivity index (χ4n) is 3.28. The molecule has 0 amide bonds. The van der Waals surface area contributed by atoms with Crippen LogP contribution in [0.5, 0.6) is 11.5 Å². The van der Waals surface area contributed by atoms with Crippen molar-refractivity contribution < 1.29 is 18.7 Å². The molecule has 2 aromatic carbocycles. The second-order valence-electron chi connectivity index (χ2n) is 7.75. The van der Waals surface area contributed by atoms with Crippen molar-refractivity contribution >= 4 is 5.97 Å². The number of ether oxygens (including phenoxy) is 2. The number of carbonyl (C=O) groups is 1. The fraction of sp³-hybridized carbons (Fsp3) is 0.500. The lowest BCUT2D eigenvalue weighted by Gasteiger charge is -2.09. The largest absolute Gasteiger partial charge is 0.491 e. The smallest absolute Gasteiger partial charge is 0.343 e. The van der Waals surface area contributed by atoms with Crippen LogP contribution < -0.4 is 9.47 Å². The average Bonchev–Trinajstić information content (AvgIpc) is 2.75. The number of hydrogen-bond donors (Lipinski definition) is 0. The normalized spacial score (nSPS) is 10.8. The van der Waals surface area contributed by atoms with Gasteiger partial charge in [0.2, 0.25) is 0 Å². The van der Waals surface area contributed by atoms with Crippen molar-refractivity contribution in [2.75, 3.05) is 6.61 Å². The molecule has 0 aliphatic rings. The molecule has 3 nitrogen and oxygen atoms in total. The monoisotopic (exact) mass is 414 g/mol. The number of aryl methyl sites for hydroxylation is 1. The summed E-state index contributed by atoms with van der Waals surface area (Å²) in [4.78, 5) is 12.3. The Balaban J connectivity index is 1.79. The van der Waals surface area contributed by atoms with E-state index >= 15 is 0 Å². The summed E-state index contributed by atoms with van der Waals surface area (Å²) in [6, 6.07) is 11.7. The van der Waals surface area contributed by atoms with Gasteiger partial charge < -0.3 is 9.47 Å². The first-order valence-electron chi connectivity index (χ1n) is 11.4. The average molecular weight is 415 g/mol. The molecule has 0 heterocycles. The Labute approximate surface area is 180 Å². The van der Waals surface area contributed by atoms with Crippen LogP contribution >= 0.6 is 0 Å². The van der Waals surface area contributed by atoms with E-state index in [0.717, 1.165) is 25.7 Å². The van der Waals surface area contributed by atoms with Gasteiger partial charge >= 0.3 is 5.97 Å². The first-order chi connectivity index (χ1) is 14.6. The van der Waals surface area contributed by atoms with E-state index in [0.29, 0.717) is 12.2 Å². The summed E-state index contributed by atoms with van der Waals surface area (Å²) in [6.45, 7) is 4.86. The molecule has 0 saturated carbocycles. The van der Waals surface area contributed by atoms with Gasteiger partial charge in [-0.2, -0.15) is 0 Å². The molecule has 2 aromatic rings. The Morgan fingerprint density at radius 1 is 0.833 bits per heavy atom. The van der Waals surface area contributed by atoms with Crippen LogP contribution in [0, 0.1) is 5.82 Å². The lowest BCUT2D eigenvalue weighted by atomic mass is 10.1. The highest BCUT2D eigenvalue weighted by atomic mass is 19.1. The van der Waals surface area contributed by atoms with Crippen molar-refractivity contribution in [2.24, 2.45) is 0 Å². The summed E-state index contributed by atoms with van der Waals surface area (Å²) >= 11 is 0. The Morgan fingerprint density at radius 2 is 1.50 bits per heavy atom. The van der Waals surface area contributed by atoms with Gasteiger partial charge in [0.25, 0.3) is 0 Å². The van der Waals surface area contributed by atoms with E-state index in [1.54, 1.807) is 18.2 Å². The van der Waals surface area contributed by atoms with Crippen molar-refractivity contribution in [1.82, 2.24) is 0 Å². The second kappa shape index (κ2) is 13.8. The van der Waals surface area contributed by atoms with Crippen molar-refractivity contribution in [2.45, 2.75) is 78.1 Å². The summed E-state index contributed by atoms with van der Waals surface area (Å²) < 4.78 is 25.1. The molecule has 0 aliphatic heterocycles. The lowest BCUT2D eigenvalue weighted by Crippen LogP contribution is -2.09. The van der Waals surface area contributed by atoms with Crippen LogP contribution in [0.2, 0.25) is 0 Å². The molecular weight excluding hydrogens is 379 g/mol. The van der Waals surface area contributed by atoms with Gasteiger partial charge in [-0.3, -0.25) is 0 Å². The molecule has 0 spiro atoms. The highest BCUT2D eigenvalue weighted by Gasteiger charge is 2.11. The van der Waals surface area contributed by atoms with Gasteiger partial charge in [0.05, 0.1) is 12.2 Å². The number of hydrogen-bond acceptors (Lipinski definition) is 3. The van der Waals surface area contributed by atoms with Gasteiger partial charge in [-0.25, -0.2) is 9.18 Å². The molecule has 0 aliphatic carbocycles. The molecule has 0 atom stereocenters. The highest BCUT2D eigenvalue weighted by molar-refractivity contribution is 5.91. The predicted octanol–water partition coefficient (Wildman–Crippen LogP) is 7.52. The molecule has 30 heavy (non-hydrogen) atoms. The number of carbonyl (C=O) groups excluding carboxylic acids is 1. The van der Waals surface area contributed by atoms with Crippen molar-refractivity contribution in [3.63, 3.8) is 0 Å². The molecule has 0 radical (unpaired) electrons. The molecule has 164 valence electrons. The standard InChI is InChI=1S/C26H35FO3/c1-3-5-7-8-9-11-19-29-25-18-17-23(20-24(25)27)30-26(28)22-15-13-21(14-16-22)12-10-6-4-2/h13-18,20H,3-12,19H2,1-2H3. The molecule has 0 unspecified atom stereocenters. The van der Waals surface area contributed by atoms with Crippen molar-refractivity contribution in [3.05, 3.63) is 59.4 Å². The van der Waals surface area contributed by atoms with Gasteiger partial charge in [-0.15, -0.1) is 0 Å². The molecule has 0 N–H and O–H groups in total. The number of esters is 1. The molecular formula is C26H35FO3. The molecule has 2 rings (SSSR count). The van der Waals surface area contributed by atoms with Crippen LogP contribution in [0.4, 0.5) is 4.39 Å². The van der Waals surface area contributed by atoms with Gasteiger partial charge in [0, 0.05) is 6.07 Å². The summed E-state index contributed by atoms with van der Waals surface area (Å²) in [5, 5.41) is 0. The highest BCUT2D eigenvalue weighted by Crippen LogP contribution is 2.24.